The number of thioether (sulfide) groups is 1. The first kappa shape index (κ1) is 29.2. The van der Waals surface area contributed by atoms with Crippen molar-refractivity contribution in [3.05, 3.63) is 77.5 Å². The van der Waals surface area contributed by atoms with Gasteiger partial charge in [0.25, 0.3) is 10.0 Å². The van der Waals surface area contributed by atoms with Crippen molar-refractivity contribution >= 4 is 55.3 Å². The third-order valence-corrected chi connectivity index (χ3v) is 8.28. The standard InChI is InChI=1S/C26H26BrN7O4S2/c1-2-3-14-29-25(36)33-40(37,38)22-10-6-20(7-11-22)30-23(35)17-39-26-32-31-24(18-12-15-28-16-13-18)34(26)21-8-4-19(27)5-9-21/h4-13,15-16H,2-3,14,17H2,1H3,(H,30,35)(H2,29,33,36). The molecule has 4 aromatic rings. The number of anilines is 1. The fourth-order valence-electron chi connectivity index (χ4n) is 3.51. The molecule has 0 fully saturated rings. The van der Waals surface area contributed by atoms with Crippen molar-refractivity contribution in [2.24, 2.45) is 0 Å². The fourth-order valence-corrected chi connectivity index (χ4v) is 5.46. The monoisotopic (exact) mass is 643 g/mol. The van der Waals surface area contributed by atoms with Crippen LogP contribution in [0.1, 0.15) is 19.8 Å². The molecule has 0 aliphatic carbocycles. The van der Waals surface area contributed by atoms with E-state index in [4.69, 9.17) is 0 Å². The first-order chi connectivity index (χ1) is 19.3. The minimum atomic E-state index is -4.05. The molecule has 2 heterocycles. The van der Waals surface area contributed by atoms with E-state index in [1.54, 1.807) is 12.4 Å². The molecule has 2 aromatic heterocycles. The van der Waals surface area contributed by atoms with Gasteiger partial charge < -0.3 is 10.6 Å². The number of carbonyl (C=O) groups is 2. The maximum Gasteiger partial charge on any atom is 0.328 e. The molecule has 0 aliphatic heterocycles. The van der Waals surface area contributed by atoms with Gasteiger partial charge in [-0.2, -0.15) is 0 Å². The second-order valence-corrected chi connectivity index (χ2v) is 12.0. The van der Waals surface area contributed by atoms with Crippen molar-refractivity contribution in [1.82, 2.24) is 29.8 Å². The summed E-state index contributed by atoms with van der Waals surface area (Å²) in [6.45, 7) is 2.34. The second kappa shape index (κ2) is 13.5. The number of urea groups is 1. The number of carbonyl (C=O) groups excluding carboxylic acids is 2. The number of pyridine rings is 1. The minimum Gasteiger partial charge on any atom is -0.337 e. The van der Waals surface area contributed by atoms with Gasteiger partial charge in [0.05, 0.1) is 10.6 Å². The van der Waals surface area contributed by atoms with Crippen LogP contribution in [0.15, 0.2) is 87.6 Å². The quantitative estimate of drug-likeness (QED) is 0.158. The molecule has 0 atom stereocenters. The highest BCUT2D eigenvalue weighted by atomic mass is 79.9. The third kappa shape index (κ3) is 7.67. The SMILES string of the molecule is CCCCNC(=O)NS(=O)(=O)c1ccc(NC(=O)CSc2nnc(-c3ccncc3)n2-c2ccc(Br)cc2)cc1. The number of nitrogens with zero attached hydrogens (tertiary/aromatic N) is 4. The average molecular weight is 645 g/mol. The molecule has 3 amide bonds. The van der Waals surface area contributed by atoms with E-state index in [1.807, 2.05) is 52.6 Å². The maximum absolute atomic E-state index is 12.7. The number of benzene rings is 2. The molecule has 2 aromatic carbocycles. The Hall–Kier alpha value is -3.75. The van der Waals surface area contributed by atoms with Crippen LogP contribution in [0, 0.1) is 0 Å². The molecule has 0 bridgehead atoms. The highest BCUT2D eigenvalue weighted by molar-refractivity contribution is 9.10. The van der Waals surface area contributed by atoms with Gasteiger partial charge in [-0.25, -0.2) is 17.9 Å². The Bertz CT molecular complexity index is 1560. The number of aromatic nitrogens is 4. The van der Waals surface area contributed by atoms with Crippen LogP contribution in [0.5, 0.6) is 0 Å². The van der Waals surface area contributed by atoms with Crippen molar-refractivity contribution in [1.29, 1.82) is 0 Å². The maximum atomic E-state index is 12.7. The Balaban J connectivity index is 1.41. The number of hydrogen-bond acceptors (Lipinski definition) is 8. The largest absolute Gasteiger partial charge is 0.337 e. The van der Waals surface area contributed by atoms with Crippen LogP contribution < -0.4 is 15.4 Å². The minimum absolute atomic E-state index is 0.0323. The third-order valence-electron chi connectivity index (χ3n) is 5.48. The zero-order chi connectivity index (χ0) is 28.5. The van der Waals surface area contributed by atoms with Crippen molar-refractivity contribution < 1.29 is 18.0 Å². The topological polar surface area (TPSA) is 148 Å². The predicted octanol–water partition coefficient (Wildman–Crippen LogP) is 4.61. The summed E-state index contributed by atoms with van der Waals surface area (Å²) in [5.41, 5.74) is 2.06. The summed E-state index contributed by atoms with van der Waals surface area (Å²) in [7, 11) is -4.05. The lowest BCUT2D eigenvalue weighted by Crippen LogP contribution is -2.39. The number of hydrogen-bond donors (Lipinski definition) is 3. The number of nitrogens with one attached hydrogen (secondary N) is 3. The summed E-state index contributed by atoms with van der Waals surface area (Å²) < 4.78 is 29.7. The van der Waals surface area contributed by atoms with Crippen molar-refractivity contribution in [2.45, 2.75) is 29.8 Å². The van der Waals surface area contributed by atoms with Gasteiger partial charge in [-0.05, 0) is 67.1 Å². The van der Waals surface area contributed by atoms with Crippen molar-refractivity contribution in [2.75, 3.05) is 17.6 Å². The fraction of sp³-hybridized carbons (Fsp3) is 0.192. The van der Waals surface area contributed by atoms with Crippen molar-refractivity contribution in [3.63, 3.8) is 0 Å². The molecule has 0 saturated carbocycles. The summed E-state index contributed by atoms with van der Waals surface area (Å²) in [4.78, 5) is 28.5. The van der Waals surface area contributed by atoms with Gasteiger partial charge in [0.1, 0.15) is 0 Å². The second-order valence-electron chi connectivity index (χ2n) is 8.43. The van der Waals surface area contributed by atoms with E-state index in [0.29, 0.717) is 23.2 Å². The van der Waals surface area contributed by atoms with E-state index in [2.05, 4.69) is 41.7 Å². The van der Waals surface area contributed by atoms with Crippen LogP contribution in [0.3, 0.4) is 0 Å². The summed E-state index contributed by atoms with van der Waals surface area (Å²) in [5, 5.41) is 14.4. The molecular weight excluding hydrogens is 618 g/mol. The first-order valence-corrected chi connectivity index (χ1v) is 15.5. The van der Waals surface area contributed by atoms with E-state index in [-0.39, 0.29) is 16.6 Å². The lowest BCUT2D eigenvalue weighted by Gasteiger charge is -2.11. The predicted molar refractivity (Wildman–Crippen MR) is 157 cm³/mol. The van der Waals surface area contributed by atoms with Crippen molar-refractivity contribution in [3.8, 4) is 17.1 Å². The molecule has 0 saturated heterocycles. The van der Waals surface area contributed by atoms with Gasteiger partial charge in [0, 0.05) is 40.3 Å². The Kier molecular flexibility index (Phi) is 9.90. The number of rotatable bonds is 11. The van der Waals surface area contributed by atoms with Crippen LogP contribution in [0.2, 0.25) is 0 Å². The molecule has 11 nitrogen and oxygen atoms in total. The molecule has 208 valence electrons. The normalized spacial score (nSPS) is 11.2. The van der Waals surface area contributed by atoms with Crippen LogP contribution in [0.4, 0.5) is 10.5 Å². The highest BCUT2D eigenvalue weighted by Crippen LogP contribution is 2.28. The van der Waals surface area contributed by atoms with Gasteiger partial charge in [-0.1, -0.05) is 41.0 Å². The summed E-state index contributed by atoms with van der Waals surface area (Å²) in [6.07, 6.45) is 4.96. The first-order valence-electron chi connectivity index (χ1n) is 12.2. The van der Waals surface area contributed by atoms with E-state index in [0.717, 1.165) is 28.6 Å². The molecule has 0 spiro atoms. The summed E-state index contributed by atoms with van der Waals surface area (Å²) in [6, 6.07) is 16.1. The number of amides is 3. The smallest absolute Gasteiger partial charge is 0.328 e. The molecule has 40 heavy (non-hydrogen) atoms. The molecule has 0 radical (unpaired) electrons. The number of unbranched alkanes of at least 4 members (excludes halogenated alkanes) is 1. The Morgan fingerprint density at radius 2 is 1.68 bits per heavy atom. The number of sulfonamides is 1. The van der Waals surface area contributed by atoms with Gasteiger partial charge in [0.15, 0.2) is 11.0 Å². The van der Waals surface area contributed by atoms with Gasteiger partial charge in [0.2, 0.25) is 5.91 Å². The van der Waals surface area contributed by atoms with Crippen LogP contribution in [-0.2, 0) is 14.8 Å². The zero-order valence-electron chi connectivity index (χ0n) is 21.4. The summed E-state index contributed by atoms with van der Waals surface area (Å²) in [5.74, 6) is 0.326. The lowest BCUT2D eigenvalue weighted by atomic mass is 10.2. The van der Waals surface area contributed by atoms with Crippen LogP contribution in [0.25, 0.3) is 17.1 Å². The molecule has 0 aliphatic rings. The Morgan fingerprint density at radius 3 is 2.35 bits per heavy atom. The zero-order valence-corrected chi connectivity index (χ0v) is 24.6. The molecule has 4 rings (SSSR count). The molecule has 14 heteroatoms. The average Bonchev–Trinajstić information content (AvgIpc) is 3.37. The Morgan fingerprint density at radius 1 is 0.975 bits per heavy atom. The lowest BCUT2D eigenvalue weighted by molar-refractivity contribution is -0.113. The number of halogens is 1. The summed E-state index contributed by atoms with van der Waals surface area (Å²) >= 11 is 4.66. The van der Waals surface area contributed by atoms with E-state index in [9.17, 15) is 18.0 Å². The van der Waals surface area contributed by atoms with E-state index < -0.39 is 16.1 Å². The molecule has 0 unspecified atom stereocenters. The van der Waals surface area contributed by atoms with E-state index in [1.165, 1.54) is 36.0 Å². The van der Waals surface area contributed by atoms with Crippen LogP contribution >= 0.6 is 27.7 Å². The van der Waals surface area contributed by atoms with Crippen LogP contribution in [-0.4, -0.2) is 52.4 Å². The van der Waals surface area contributed by atoms with Gasteiger partial charge >= 0.3 is 6.03 Å². The highest BCUT2D eigenvalue weighted by Gasteiger charge is 2.19. The molecular formula is C26H26BrN7O4S2. The van der Waals surface area contributed by atoms with Gasteiger partial charge in [-0.3, -0.25) is 14.3 Å². The van der Waals surface area contributed by atoms with Gasteiger partial charge in [-0.15, -0.1) is 10.2 Å². The van der Waals surface area contributed by atoms with E-state index >= 15 is 0 Å². The molecule has 3 N–H and O–H groups in total. The Labute approximate surface area is 244 Å².